The summed E-state index contributed by atoms with van der Waals surface area (Å²) in [5.41, 5.74) is 1.87. The molecule has 1 fully saturated rings. The van der Waals surface area contributed by atoms with Crippen LogP contribution in [0.5, 0.6) is 0 Å². The molecule has 1 aliphatic heterocycles. The molecule has 0 radical (unpaired) electrons. The van der Waals surface area contributed by atoms with Crippen molar-refractivity contribution in [2.24, 2.45) is 0 Å². The molecule has 0 bridgehead atoms. The topological polar surface area (TPSA) is 93.6 Å². The molecule has 9 heteroatoms. The van der Waals surface area contributed by atoms with Crippen molar-refractivity contribution in [2.75, 3.05) is 36.5 Å². The summed E-state index contributed by atoms with van der Waals surface area (Å²) in [7, 11) is 0. The average Bonchev–Trinajstić information content (AvgIpc) is 3.41. The number of nitrogens with one attached hydrogen (secondary N) is 1. The van der Waals surface area contributed by atoms with Crippen molar-refractivity contribution in [3.05, 3.63) is 42.7 Å². The van der Waals surface area contributed by atoms with Crippen LogP contribution in [0.3, 0.4) is 0 Å². The van der Waals surface area contributed by atoms with Gasteiger partial charge in [-0.05, 0) is 43.3 Å². The normalized spacial score (nSPS) is 15.4. The fraction of sp³-hybridized carbons (Fsp3) is 0.316. The fourth-order valence-corrected chi connectivity index (χ4v) is 3.47. The van der Waals surface area contributed by atoms with Crippen LogP contribution in [-0.4, -0.2) is 47.7 Å². The number of ether oxygens (including phenoxy) is 1. The third-order valence-corrected chi connectivity index (χ3v) is 5.23. The maximum atomic E-state index is 12.5. The number of anilines is 2. The van der Waals surface area contributed by atoms with Gasteiger partial charge in [0.2, 0.25) is 5.91 Å². The van der Waals surface area contributed by atoms with E-state index in [4.69, 9.17) is 13.6 Å². The van der Waals surface area contributed by atoms with Gasteiger partial charge in [0.15, 0.2) is 5.76 Å². The Hall–Kier alpha value is -2.78. The van der Waals surface area contributed by atoms with E-state index in [2.05, 4.69) is 20.4 Å². The number of rotatable bonds is 6. The Morgan fingerprint density at radius 1 is 1.18 bits per heavy atom. The lowest BCUT2D eigenvalue weighted by Crippen LogP contribution is -2.36. The summed E-state index contributed by atoms with van der Waals surface area (Å²) in [4.78, 5) is 14.7. The lowest BCUT2D eigenvalue weighted by Gasteiger charge is -2.28. The monoisotopic (exact) mass is 400 g/mol. The molecule has 4 rings (SSSR count). The van der Waals surface area contributed by atoms with Gasteiger partial charge in [-0.1, -0.05) is 11.8 Å². The predicted molar refractivity (Wildman–Crippen MR) is 105 cm³/mol. The molecule has 0 spiro atoms. The van der Waals surface area contributed by atoms with E-state index >= 15 is 0 Å². The molecule has 1 aliphatic rings. The zero-order valence-electron chi connectivity index (χ0n) is 15.3. The van der Waals surface area contributed by atoms with Crippen molar-refractivity contribution in [2.45, 2.75) is 17.4 Å². The number of hydrogen-bond acceptors (Lipinski definition) is 8. The quantitative estimate of drug-likeness (QED) is 0.630. The number of furan rings is 1. The van der Waals surface area contributed by atoms with Crippen molar-refractivity contribution >= 4 is 29.0 Å². The van der Waals surface area contributed by atoms with Crippen LogP contribution in [-0.2, 0) is 9.53 Å². The number of hydrogen-bond donors (Lipinski definition) is 1. The van der Waals surface area contributed by atoms with Crippen LogP contribution in [0.15, 0.2) is 56.7 Å². The number of thioether (sulfide) groups is 1. The van der Waals surface area contributed by atoms with E-state index in [1.807, 2.05) is 24.3 Å². The highest BCUT2D eigenvalue weighted by Crippen LogP contribution is 2.27. The van der Waals surface area contributed by atoms with Gasteiger partial charge in [-0.15, -0.1) is 10.2 Å². The largest absolute Gasteiger partial charge is 0.459 e. The first kappa shape index (κ1) is 18.6. The van der Waals surface area contributed by atoms with E-state index < -0.39 is 5.25 Å². The third kappa shape index (κ3) is 4.37. The van der Waals surface area contributed by atoms with E-state index in [0.717, 1.165) is 37.7 Å². The molecule has 8 nitrogen and oxygen atoms in total. The lowest BCUT2D eigenvalue weighted by atomic mass is 10.2. The molecule has 0 aliphatic carbocycles. The van der Waals surface area contributed by atoms with Gasteiger partial charge in [0.1, 0.15) is 0 Å². The van der Waals surface area contributed by atoms with E-state index in [9.17, 15) is 4.79 Å². The highest BCUT2D eigenvalue weighted by molar-refractivity contribution is 8.00. The molecule has 1 aromatic carbocycles. The highest BCUT2D eigenvalue weighted by atomic mass is 32.2. The average molecular weight is 400 g/mol. The van der Waals surface area contributed by atoms with E-state index in [1.54, 1.807) is 19.1 Å². The summed E-state index contributed by atoms with van der Waals surface area (Å²) in [5.74, 6) is 0.650. The van der Waals surface area contributed by atoms with Crippen LogP contribution in [0.4, 0.5) is 11.4 Å². The van der Waals surface area contributed by atoms with E-state index in [1.165, 1.54) is 18.0 Å². The number of aromatic nitrogens is 2. The van der Waals surface area contributed by atoms with Gasteiger partial charge in [-0.2, -0.15) is 0 Å². The zero-order chi connectivity index (χ0) is 19.3. The summed E-state index contributed by atoms with van der Waals surface area (Å²) < 4.78 is 16.1. The SMILES string of the molecule is C[C@H](Sc1nnc(-c2ccco2)o1)C(=O)Nc1ccc(N2CCOCC2)cc1. The number of nitrogens with zero attached hydrogens (tertiary/aromatic N) is 3. The Morgan fingerprint density at radius 3 is 2.68 bits per heavy atom. The molecular formula is C19H20N4O4S. The molecule has 0 unspecified atom stereocenters. The Labute approximate surface area is 166 Å². The molecule has 1 amide bonds. The summed E-state index contributed by atoms with van der Waals surface area (Å²) in [6.45, 7) is 5.03. The van der Waals surface area contributed by atoms with Gasteiger partial charge in [0.05, 0.1) is 24.7 Å². The molecule has 1 N–H and O–H groups in total. The summed E-state index contributed by atoms with van der Waals surface area (Å²) in [6.07, 6.45) is 1.53. The van der Waals surface area contributed by atoms with Gasteiger partial charge >= 0.3 is 0 Å². The van der Waals surface area contributed by atoms with E-state index in [-0.39, 0.29) is 5.91 Å². The predicted octanol–water partition coefficient (Wildman–Crippen LogP) is 3.29. The molecule has 3 heterocycles. The Bertz CT molecular complexity index is 904. The highest BCUT2D eigenvalue weighted by Gasteiger charge is 2.20. The second-order valence-electron chi connectivity index (χ2n) is 6.25. The minimum atomic E-state index is -0.399. The molecule has 2 aromatic heterocycles. The summed E-state index contributed by atoms with van der Waals surface area (Å²) in [5, 5.41) is 10.7. The van der Waals surface area contributed by atoms with Crippen LogP contribution in [0.2, 0.25) is 0 Å². The molecule has 0 saturated carbocycles. The first-order valence-corrected chi connectivity index (χ1v) is 9.85. The standard InChI is InChI=1S/C19H20N4O4S/c1-13(28-19-22-21-18(27-19)16-3-2-10-26-16)17(24)20-14-4-6-15(7-5-14)23-8-11-25-12-9-23/h2-7,10,13H,8-9,11-12H2,1H3,(H,20,24)/t13-/m0/s1. The number of benzene rings is 1. The molecule has 28 heavy (non-hydrogen) atoms. The second-order valence-corrected chi connectivity index (χ2v) is 7.54. The van der Waals surface area contributed by atoms with Gasteiger partial charge in [0, 0.05) is 24.5 Å². The molecule has 3 aromatic rings. The van der Waals surface area contributed by atoms with Crippen molar-refractivity contribution < 1.29 is 18.4 Å². The molecule has 1 atom stereocenters. The minimum absolute atomic E-state index is 0.137. The maximum absolute atomic E-state index is 12.5. The van der Waals surface area contributed by atoms with Gasteiger partial charge in [-0.25, -0.2) is 0 Å². The summed E-state index contributed by atoms with van der Waals surface area (Å²) in [6, 6.07) is 11.3. The smallest absolute Gasteiger partial charge is 0.284 e. The Balaban J connectivity index is 1.33. The molecule has 146 valence electrons. The van der Waals surface area contributed by atoms with E-state index in [0.29, 0.717) is 16.9 Å². The maximum Gasteiger partial charge on any atom is 0.284 e. The number of carbonyl (C=O) groups excluding carboxylic acids is 1. The van der Waals surface area contributed by atoms with Crippen LogP contribution >= 0.6 is 11.8 Å². The van der Waals surface area contributed by atoms with Gasteiger partial charge in [0.25, 0.3) is 11.1 Å². The second kappa shape index (κ2) is 8.49. The molecule has 1 saturated heterocycles. The number of carbonyl (C=O) groups is 1. The van der Waals surface area contributed by atoms with Crippen molar-refractivity contribution in [1.82, 2.24) is 10.2 Å². The Morgan fingerprint density at radius 2 is 1.96 bits per heavy atom. The van der Waals surface area contributed by atoms with Crippen LogP contribution < -0.4 is 10.2 Å². The third-order valence-electron chi connectivity index (χ3n) is 4.30. The van der Waals surface area contributed by atoms with Gasteiger partial charge in [-0.3, -0.25) is 4.79 Å². The van der Waals surface area contributed by atoms with Gasteiger partial charge < -0.3 is 23.8 Å². The first-order chi connectivity index (χ1) is 13.7. The fourth-order valence-electron chi connectivity index (χ4n) is 2.78. The van der Waals surface area contributed by atoms with Crippen molar-refractivity contribution in [3.8, 4) is 11.7 Å². The van der Waals surface area contributed by atoms with Crippen molar-refractivity contribution in [1.29, 1.82) is 0 Å². The summed E-state index contributed by atoms with van der Waals surface area (Å²) >= 11 is 1.20. The van der Waals surface area contributed by atoms with Crippen molar-refractivity contribution in [3.63, 3.8) is 0 Å². The number of morpholine rings is 1. The first-order valence-electron chi connectivity index (χ1n) is 8.97. The van der Waals surface area contributed by atoms with Crippen LogP contribution in [0, 0.1) is 0 Å². The van der Waals surface area contributed by atoms with Crippen LogP contribution in [0.25, 0.3) is 11.7 Å². The zero-order valence-corrected chi connectivity index (χ0v) is 16.1. The Kier molecular flexibility index (Phi) is 5.63. The minimum Gasteiger partial charge on any atom is -0.459 e. The lowest BCUT2D eigenvalue weighted by molar-refractivity contribution is -0.115. The molecular weight excluding hydrogens is 380 g/mol. The van der Waals surface area contributed by atoms with Crippen LogP contribution in [0.1, 0.15) is 6.92 Å². The number of amides is 1.